The van der Waals surface area contributed by atoms with Gasteiger partial charge in [0.25, 0.3) is 0 Å². The minimum Gasteiger partial charge on any atom is -0.353 e. The van der Waals surface area contributed by atoms with Crippen LogP contribution >= 0.6 is 0 Å². The lowest BCUT2D eigenvalue weighted by atomic mass is 9.84. The second-order valence-electron chi connectivity index (χ2n) is 8.09. The molecule has 0 radical (unpaired) electrons. The Hall–Kier alpha value is -2.09. The summed E-state index contributed by atoms with van der Waals surface area (Å²) in [7, 11) is 0. The van der Waals surface area contributed by atoms with Crippen LogP contribution in [-0.2, 0) is 4.79 Å². The van der Waals surface area contributed by atoms with E-state index in [9.17, 15) is 4.79 Å². The number of amides is 1. The van der Waals surface area contributed by atoms with Gasteiger partial charge in [-0.15, -0.1) is 0 Å². The van der Waals surface area contributed by atoms with Crippen LogP contribution in [0.15, 0.2) is 60.7 Å². The fourth-order valence-corrected chi connectivity index (χ4v) is 4.89. The first-order chi connectivity index (χ1) is 12.8. The zero-order valence-corrected chi connectivity index (χ0v) is 15.6. The van der Waals surface area contributed by atoms with Gasteiger partial charge in [0.1, 0.15) is 0 Å². The van der Waals surface area contributed by atoms with E-state index in [1.807, 2.05) is 12.1 Å². The van der Waals surface area contributed by atoms with Gasteiger partial charge in [-0.05, 0) is 36.8 Å². The van der Waals surface area contributed by atoms with Crippen LogP contribution in [-0.4, -0.2) is 11.9 Å². The molecule has 2 nitrogen and oxygen atoms in total. The lowest BCUT2D eigenvalue weighted by Gasteiger charge is -2.28. The number of carbonyl (C=O) groups is 1. The quantitative estimate of drug-likeness (QED) is 0.784. The van der Waals surface area contributed by atoms with E-state index >= 15 is 0 Å². The van der Waals surface area contributed by atoms with E-state index in [4.69, 9.17) is 0 Å². The highest BCUT2D eigenvalue weighted by Gasteiger charge is 2.56. The summed E-state index contributed by atoms with van der Waals surface area (Å²) in [6.45, 7) is 2.20. The Morgan fingerprint density at radius 1 is 0.846 bits per heavy atom. The van der Waals surface area contributed by atoms with Crippen LogP contribution in [0.3, 0.4) is 0 Å². The van der Waals surface area contributed by atoms with Crippen molar-refractivity contribution in [2.75, 3.05) is 0 Å². The number of rotatable bonds is 5. The number of benzene rings is 2. The van der Waals surface area contributed by atoms with Gasteiger partial charge in [-0.2, -0.15) is 0 Å². The van der Waals surface area contributed by atoms with Gasteiger partial charge in [-0.3, -0.25) is 4.79 Å². The number of carbonyl (C=O) groups excluding carboxylic acids is 1. The van der Waals surface area contributed by atoms with Crippen molar-refractivity contribution >= 4 is 5.91 Å². The maximum absolute atomic E-state index is 13.1. The molecule has 2 heteroatoms. The van der Waals surface area contributed by atoms with Crippen molar-refractivity contribution in [1.29, 1.82) is 0 Å². The third-order valence-electron chi connectivity index (χ3n) is 6.42. The van der Waals surface area contributed by atoms with E-state index in [2.05, 4.69) is 60.8 Å². The second-order valence-corrected chi connectivity index (χ2v) is 8.09. The number of hydrogen-bond donors (Lipinski definition) is 1. The fourth-order valence-electron chi connectivity index (χ4n) is 4.89. The summed E-state index contributed by atoms with van der Waals surface area (Å²) in [5.74, 6) is 1.56. The highest BCUT2D eigenvalue weighted by atomic mass is 16.2. The third-order valence-corrected chi connectivity index (χ3v) is 6.42. The van der Waals surface area contributed by atoms with Gasteiger partial charge in [0.05, 0.1) is 5.92 Å². The maximum atomic E-state index is 13.1. The number of nitrogens with one attached hydrogen (secondary N) is 1. The van der Waals surface area contributed by atoms with Gasteiger partial charge in [0.2, 0.25) is 5.91 Å². The summed E-state index contributed by atoms with van der Waals surface area (Å²) >= 11 is 0. The first-order valence-corrected chi connectivity index (χ1v) is 10.2. The molecule has 1 N–H and O–H groups in total. The molecule has 2 saturated carbocycles. The SMILES string of the molecule is C[C@@H](NC(=O)C1[C@H](c2ccccc2)[C@H]1c1ccccc1)C1CCCCC1. The highest BCUT2D eigenvalue weighted by Crippen LogP contribution is 2.60. The fraction of sp³-hybridized carbons (Fsp3) is 0.458. The molecule has 2 aliphatic carbocycles. The van der Waals surface area contributed by atoms with Crippen molar-refractivity contribution in [2.45, 2.75) is 56.9 Å². The summed E-state index contributed by atoms with van der Waals surface area (Å²) in [6, 6.07) is 21.4. The molecule has 136 valence electrons. The van der Waals surface area contributed by atoms with Gasteiger partial charge in [-0.25, -0.2) is 0 Å². The van der Waals surface area contributed by atoms with Crippen LogP contribution in [0.1, 0.15) is 62.0 Å². The first kappa shape index (κ1) is 17.3. The summed E-state index contributed by atoms with van der Waals surface area (Å²) in [5.41, 5.74) is 2.57. The molecule has 26 heavy (non-hydrogen) atoms. The average Bonchev–Trinajstić information content (AvgIpc) is 3.46. The van der Waals surface area contributed by atoms with Gasteiger partial charge in [0, 0.05) is 17.9 Å². The van der Waals surface area contributed by atoms with E-state index in [1.165, 1.54) is 43.2 Å². The summed E-state index contributed by atoms with van der Waals surface area (Å²) in [6.07, 6.45) is 6.50. The van der Waals surface area contributed by atoms with Crippen molar-refractivity contribution in [3.8, 4) is 0 Å². The smallest absolute Gasteiger partial charge is 0.224 e. The van der Waals surface area contributed by atoms with Crippen molar-refractivity contribution in [2.24, 2.45) is 11.8 Å². The molecule has 0 spiro atoms. The molecular weight excluding hydrogens is 318 g/mol. The molecule has 0 aliphatic heterocycles. The predicted molar refractivity (Wildman–Crippen MR) is 106 cm³/mol. The van der Waals surface area contributed by atoms with Crippen LogP contribution in [0.2, 0.25) is 0 Å². The lowest BCUT2D eigenvalue weighted by Crippen LogP contribution is -2.40. The first-order valence-electron chi connectivity index (χ1n) is 10.2. The van der Waals surface area contributed by atoms with Crippen LogP contribution in [0.25, 0.3) is 0 Å². The Balaban J connectivity index is 1.50. The molecule has 2 fully saturated rings. The summed E-state index contributed by atoms with van der Waals surface area (Å²) in [4.78, 5) is 13.1. The summed E-state index contributed by atoms with van der Waals surface area (Å²) < 4.78 is 0. The van der Waals surface area contributed by atoms with Crippen molar-refractivity contribution in [1.82, 2.24) is 5.32 Å². The van der Waals surface area contributed by atoms with Gasteiger partial charge in [0.15, 0.2) is 0 Å². The molecular formula is C24H29NO. The van der Waals surface area contributed by atoms with Crippen LogP contribution in [0.5, 0.6) is 0 Å². The lowest BCUT2D eigenvalue weighted by molar-refractivity contribution is -0.123. The highest BCUT2D eigenvalue weighted by molar-refractivity contribution is 5.85. The molecule has 0 unspecified atom stereocenters. The Bertz CT molecular complexity index is 675. The van der Waals surface area contributed by atoms with Crippen molar-refractivity contribution < 1.29 is 4.79 Å². The van der Waals surface area contributed by atoms with E-state index in [-0.39, 0.29) is 17.9 Å². The molecule has 0 bridgehead atoms. The van der Waals surface area contributed by atoms with E-state index in [0.717, 1.165) is 0 Å². The minimum absolute atomic E-state index is 0.0610. The molecule has 1 amide bonds. The minimum atomic E-state index is 0.0610. The van der Waals surface area contributed by atoms with E-state index < -0.39 is 0 Å². The van der Waals surface area contributed by atoms with Crippen LogP contribution in [0.4, 0.5) is 0 Å². The predicted octanol–water partition coefficient (Wildman–Crippen LogP) is 5.27. The second kappa shape index (κ2) is 7.65. The van der Waals surface area contributed by atoms with Gasteiger partial charge in [-0.1, -0.05) is 79.9 Å². The molecule has 4 rings (SSSR count). The molecule has 0 aromatic heterocycles. The molecule has 0 heterocycles. The van der Waals surface area contributed by atoms with Crippen LogP contribution < -0.4 is 5.32 Å². The average molecular weight is 348 g/mol. The molecule has 2 aromatic rings. The Kier molecular flexibility index (Phi) is 5.10. The number of hydrogen-bond acceptors (Lipinski definition) is 1. The maximum Gasteiger partial charge on any atom is 0.224 e. The van der Waals surface area contributed by atoms with Crippen LogP contribution in [0, 0.1) is 11.8 Å². The molecule has 2 aliphatic rings. The molecule has 0 saturated heterocycles. The third kappa shape index (κ3) is 3.56. The van der Waals surface area contributed by atoms with Crippen molar-refractivity contribution in [3.63, 3.8) is 0 Å². The standard InChI is InChI=1S/C24H29NO/c1-17(18-11-5-2-6-12-18)25-24(26)23-21(19-13-7-3-8-14-19)22(23)20-15-9-4-10-16-20/h3-4,7-10,13-18,21-23H,2,5-6,11-12H2,1H3,(H,25,26)/t17-,21-,22-/m1/s1. The normalized spacial score (nSPS) is 26.9. The van der Waals surface area contributed by atoms with E-state index in [1.54, 1.807) is 0 Å². The van der Waals surface area contributed by atoms with Crippen molar-refractivity contribution in [3.05, 3.63) is 71.8 Å². The largest absolute Gasteiger partial charge is 0.353 e. The molecule has 2 aromatic carbocycles. The Morgan fingerprint density at radius 3 is 1.85 bits per heavy atom. The van der Waals surface area contributed by atoms with E-state index in [0.29, 0.717) is 17.8 Å². The zero-order chi connectivity index (χ0) is 17.9. The van der Waals surface area contributed by atoms with Gasteiger partial charge >= 0.3 is 0 Å². The molecule has 3 atom stereocenters. The summed E-state index contributed by atoms with van der Waals surface area (Å²) in [5, 5.41) is 3.37. The Labute approximate surface area is 157 Å². The Morgan fingerprint density at radius 2 is 1.35 bits per heavy atom. The van der Waals surface area contributed by atoms with Gasteiger partial charge < -0.3 is 5.32 Å². The topological polar surface area (TPSA) is 29.1 Å². The monoisotopic (exact) mass is 347 g/mol. The zero-order valence-electron chi connectivity index (χ0n) is 15.6.